The normalized spacial score (nSPS) is 14.2. The Morgan fingerprint density at radius 3 is 2.33 bits per heavy atom. The van der Waals surface area contributed by atoms with Gasteiger partial charge < -0.3 is 0 Å². The van der Waals surface area contributed by atoms with Crippen LogP contribution >= 0.6 is 0 Å². The Balaban J connectivity index is 2.75. The molecule has 35 valence electrons. The van der Waals surface area contributed by atoms with Crippen molar-refractivity contribution in [2.75, 3.05) is 0 Å². The second-order valence-electron chi connectivity index (χ2n) is 1.45. The molecule has 0 rings (SSSR count). The topological polar surface area (TPSA) is 12.0 Å². The Hall–Kier alpha value is 0.843. The summed E-state index contributed by atoms with van der Waals surface area (Å²) in [5.41, 5.74) is 0. The standard InChI is InChI=1S/C4H10N.Zr/c1-3-4(2)5;/h4-5H,3H2,1-2H3;/q-1;+1. The Labute approximate surface area is 54.8 Å². The molecule has 0 aromatic heterocycles. The Kier molecular flexibility index (Phi) is 4.58. The zero-order chi connectivity index (χ0) is 4.99. The van der Waals surface area contributed by atoms with Crippen LogP contribution in [0.25, 0.3) is 0 Å². The van der Waals surface area contributed by atoms with Gasteiger partial charge in [0.25, 0.3) is 0 Å². The van der Waals surface area contributed by atoms with Crippen LogP contribution in [0.15, 0.2) is 0 Å². The number of rotatable bonds is 2. The molecule has 0 amide bonds. The molecule has 0 bridgehead atoms. The first kappa shape index (κ1) is 6.84. The first-order chi connectivity index (χ1) is 2.81. The molecule has 0 aliphatic heterocycles. The van der Waals surface area contributed by atoms with Crippen LogP contribution in [0.1, 0.15) is 20.3 Å². The van der Waals surface area contributed by atoms with Crippen molar-refractivity contribution in [3.05, 3.63) is 0 Å². The molecule has 1 unspecified atom stereocenters. The second kappa shape index (κ2) is 4.01. The quantitative estimate of drug-likeness (QED) is 0.636. The Morgan fingerprint density at radius 1 is 1.83 bits per heavy atom. The van der Waals surface area contributed by atoms with Crippen LogP contribution < -0.4 is 3.26 Å². The van der Waals surface area contributed by atoms with Gasteiger partial charge in [0.15, 0.2) is 0 Å². The molecule has 0 saturated heterocycles. The molecule has 0 aromatic carbocycles. The van der Waals surface area contributed by atoms with Crippen LogP contribution in [-0.4, -0.2) is 6.04 Å². The van der Waals surface area contributed by atoms with E-state index in [1.54, 1.807) is 0 Å². The van der Waals surface area contributed by atoms with Crippen molar-refractivity contribution in [1.29, 1.82) is 0 Å². The summed E-state index contributed by atoms with van der Waals surface area (Å²) in [6, 6.07) is 0.725. The van der Waals surface area contributed by atoms with Crippen LogP contribution in [-0.2, 0) is 25.0 Å². The van der Waals surface area contributed by atoms with Gasteiger partial charge in [-0.25, -0.2) is 0 Å². The molecule has 2 heteroatoms. The number of hydrogen-bond donors (Lipinski definition) is 1. The fourth-order valence-electron chi connectivity index (χ4n) is 0.102. The number of nitrogens with one attached hydrogen (secondary N) is 1. The molecule has 0 heterocycles. The molecule has 0 fully saturated rings. The Bertz CT molecular complexity index is 26.7. The van der Waals surface area contributed by atoms with E-state index in [0.29, 0.717) is 0 Å². The molecule has 1 nitrogen and oxygen atoms in total. The van der Waals surface area contributed by atoms with Gasteiger partial charge in [0, 0.05) is 0 Å². The molecule has 0 aliphatic carbocycles. The fraction of sp³-hybridized carbons (Fsp3) is 1.00. The van der Waals surface area contributed by atoms with E-state index in [1.807, 2.05) is 0 Å². The first-order valence-corrected chi connectivity index (χ1v) is 3.46. The van der Waals surface area contributed by atoms with Gasteiger partial charge in [0.1, 0.15) is 0 Å². The maximum absolute atomic E-state index is 3.20. The van der Waals surface area contributed by atoms with Crippen molar-refractivity contribution >= 4 is 0 Å². The molecule has 1 atom stereocenters. The molecule has 6 heavy (non-hydrogen) atoms. The average Bonchev–Trinajstić information content (AvgIpc) is 1.65. The van der Waals surface area contributed by atoms with Crippen LogP contribution in [0.5, 0.6) is 0 Å². The summed E-state index contributed by atoms with van der Waals surface area (Å²) in [6.07, 6.45) is 1.24. The van der Waals surface area contributed by atoms with E-state index < -0.39 is 0 Å². The second-order valence-corrected chi connectivity index (χ2v) is 2.16. The molecular weight excluding hydrogens is 153 g/mol. The SMILES string of the molecule is CCC(C)[NH][Zr]. The van der Waals surface area contributed by atoms with Gasteiger partial charge in [0.05, 0.1) is 0 Å². The molecule has 0 aliphatic rings. The number of hydrogen-bond acceptors (Lipinski definition) is 1. The molecule has 0 spiro atoms. The van der Waals surface area contributed by atoms with Crippen molar-refractivity contribution in [2.24, 2.45) is 0 Å². The van der Waals surface area contributed by atoms with Crippen LogP contribution in [0, 0.1) is 0 Å². The first-order valence-electron chi connectivity index (χ1n) is 2.23. The zero-order valence-electron chi connectivity index (χ0n) is 4.28. The monoisotopic (exact) mass is 162 g/mol. The van der Waals surface area contributed by atoms with E-state index in [4.69, 9.17) is 0 Å². The summed E-state index contributed by atoms with van der Waals surface area (Å²) in [5, 5.41) is 0. The van der Waals surface area contributed by atoms with Crippen molar-refractivity contribution in [3.8, 4) is 0 Å². The third kappa shape index (κ3) is 3.05. The van der Waals surface area contributed by atoms with Gasteiger partial charge in [-0.05, 0) is 0 Å². The molecular formula is C4H10NZr. The van der Waals surface area contributed by atoms with Crippen molar-refractivity contribution in [3.63, 3.8) is 0 Å². The van der Waals surface area contributed by atoms with Crippen molar-refractivity contribution in [1.82, 2.24) is 3.26 Å². The average molecular weight is 163 g/mol. The third-order valence-corrected chi connectivity index (χ3v) is 2.07. The predicted octanol–water partition coefficient (Wildman–Crippen LogP) is 0.836. The molecule has 0 radical (unpaired) electrons. The van der Waals surface area contributed by atoms with Gasteiger partial charge >= 0.3 is 54.6 Å². The van der Waals surface area contributed by atoms with Gasteiger partial charge in [-0.1, -0.05) is 0 Å². The summed E-state index contributed by atoms with van der Waals surface area (Å²) in [4.78, 5) is 0. The van der Waals surface area contributed by atoms with E-state index >= 15 is 0 Å². The van der Waals surface area contributed by atoms with Crippen LogP contribution in [0.2, 0.25) is 0 Å². The molecule has 0 aromatic rings. The summed E-state index contributed by atoms with van der Waals surface area (Å²) >= 11 is 1.43. The van der Waals surface area contributed by atoms with E-state index in [9.17, 15) is 0 Å². The summed E-state index contributed by atoms with van der Waals surface area (Å²) in [7, 11) is 0. The van der Waals surface area contributed by atoms with E-state index in [0.717, 1.165) is 6.04 Å². The summed E-state index contributed by atoms with van der Waals surface area (Å²) in [6.45, 7) is 4.37. The van der Waals surface area contributed by atoms with E-state index in [2.05, 4.69) is 17.1 Å². The Morgan fingerprint density at radius 2 is 2.33 bits per heavy atom. The third-order valence-electron chi connectivity index (χ3n) is 0.859. The van der Waals surface area contributed by atoms with Gasteiger partial charge in [0.2, 0.25) is 0 Å². The minimum atomic E-state index is 0.725. The summed E-state index contributed by atoms with van der Waals surface area (Å²) < 4.78 is 3.20. The molecule has 1 N–H and O–H groups in total. The van der Waals surface area contributed by atoms with Gasteiger partial charge in [-0.15, -0.1) is 0 Å². The van der Waals surface area contributed by atoms with Crippen molar-refractivity contribution in [2.45, 2.75) is 26.3 Å². The molecule has 0 saturated carbocycles. The van der Waals surface area contributed by atoms with E-state index in [-0.39, 0.29) is 0 Å². The minimum absolute atomic E-state index is 0.725. The van der Waals surface area contributed by atoms with Crippen LogP contribution in [0.3, 0.4) is 0 Å². The summed E-state index contributed by atoms with van der Waals surface area (Å²) in [5.74, 6) is 0. The van der Waals surface area contributed by atoms with Gasteiger partial charge in [-0.2, -0.15) is 0 Å². The van der Waals surface area contributed by atoms with Crippen LogP contribution in [0.4, 0.5) is 0 Å². The maximum atomic E-state index is 3.20. The predicted molar refractivity (Wildman–Crippen MR) is 22.9 cm³/mol. The van der Waals surface area contributed by atoms with Gasteiger partial charge in [-0.3, -0.25) is 0 Å². The van der Waals surface area contributed by atoms with E-state index in [1.165, 1.54) is 31.4 Å². The fourth-order valence-corrected chi connectivity index (χ4v) is 0.604. The zero-order valence-corrected chi connectivity index (χ0v) is 6.74. The van der Waals surface area contributed by atoms with Crippen molar-refractivity contribution < 1.29 is 25.0 Å².